The maximum absolute atomic E-state index is 12.3. The monoisotopic (exact) mass is 362 g/mol. The number of carbonyl (C=O) groups excluding carboxylic acids is 2. The molecule has 0 unspecified atom stereocenters. The predicted molar refractivity (Wildman–Crippen MR) is 88.2 cm³/mol. The Morgan fingerprint density at radius 3 is 2.62 bits per heavy atom. The van der Waals surface area contributed by atoms with E-state index in [1.54, 1.807) is 6.92 Å². The number of cyclic esters (lactones) is 1. The Hall–Kier alpha value is -2.12. The molecule has 2 heterocycles. The van der Waals surface area contributed by atoms with Crippen molar-refractivity contribution in [2.24, 2.45) is 11.3 Å². The summed E-state index contributed by atoms with van der Waals surface area (Å²) in [4.78, 5) is 23.7. The lowest BCUT2D eigenvalue weighted by atomic mass is 9.70. The SMILES string of the molecule is CC1=C[C@H](OC=C2C(=O)O[C@@H]3C4=C(CC[C@H](O)C4(C)C)[C@@H](O)[C@H]23)OC1=O. The highest BCUT2D eigenvalue weighted by Gasteiger charge is 2.58. The van der Waals surface area contributed by atoms with Crippen LogP contribution in [0.2, 0.25) is 0 Å². The smallest absolute Gasteiger partial charge is 0.338 e. The van der Waals surface area contributed by atoms with Crippen molar-refractivity contribution in [3.8, 4) is 0 Å². The Morgan fingerprint density at radius 1 is 1.23 bits per heavy atom. The summed E-state index contributed by atoms with van der Waals surface area (Å²) in [5.41, 5.74) is 1.74. The summed E-state index contributed by atoms with van der Waals surface area (Å²) < 4.78 is 16.0. The lowest BCUT2D eigenvalue weighted by Crippen LogP contribution is -2.38. The molecule has 4 aliphatic rings. The second-order valence-electron chi connectivity index (χ2n) is 7.84. The Labute approximate surface area is 150 Å². The fourth-order valence-corrected chi connectivity index (χ4v) is 4.42. The van der Waals surface area contributed by atoms with E-state index in [0.29, 0.717) is 18.4 Å². The zero-order chi connectivity index (χ0) is 18.8. The Morgan fingerprint density at radius 2 is 1.96 bits per heavy atom. The fraction of sp³-hybridized carbons (Fsp3) is 0.579. The average molecular weight is 362 g/mol. The standard InChI is InChI=1S/C19H22O7/c1-8-6-12(25-17(8)22)24-7-10-13-15(21)9-4-5-11(20)19(2,3)14(9)16(13)26-18(10)23/h6-7,11-13,15-16,20-21H,4-5H2,1-3H3/t11-,12+,13-,15+,16-/m0/s1. The third-order valence-electron chi connectivity index (χ3n) is 5.96. The molecule has 2 aliphatic heterocycles. The highest BCUT2D eigenvalue weighted by Crippen LogP contribution is 2.54. The van der Waals surface area contributed by atoms with E-state index in [1.165, 1.54) is 12.3 Å². The van der Waals surface area contributed by atoms with Gasteiger partial charge in [0.2, 0.25) is 0 Å². The van der Waals surface area contributed by atoms with Gasteiger partial charge in [-0.1, -0.05) is 13.8 Å². The molecule has 0 radical (unpaired) electrons. The molecule has 0 amide bonds. The van der Waals surface area contributed by atoms with Crippen LogP contribution in [0, 0.1) is 11.3 Å². The molecular formula is C19H22O7. The third-order valence-corrected chi connectivity index (χ3v) is 5.96. The van der Waals surface area contributed by atoms with E-state index in [2.05, 4.69) is 0 Å². The van der Waals surface area contributed by atoms with Crippen molar-refractivity contribution in [1.82, 2.24) is 0 Å². The molecular weight excluding hydrogens is 340 g/mol. The van der Waals surface area contributed by atoms with Gasteiger partial charge in [-0.15, -0.1) is 0 Å². The van der Waals surface area contributed by atoms with Gasteiger partial charge in [0, 0.05) is 17.1 Å². The quantitative estimate of drug-likeness (QED) is 0.328. The first-order valence-electron chi connectivity index (χ1n) is 8.77. The molecule has 0 aromatic rings. The van der Waals surface area contributed by atoms with Gasteiger partial charge in [0.15, 0.2) is 0 Å². The molecule has 0 aromatic carbocycles. The van der Waals surface area contributed by atoms with E-state index in [1.807, 2.05) is 13.8 Å². The van der Waals surface area contributed by atoms with Crippen molar-refractivity contribution in [3.63, 3.8) is 0 Å². The first-order valence-corrected chi connectivity index (χ1v) is 8.77. The van der Waals surface area contributed by atoms with Crippen LogP contribution < -0.4 is 0 Å². The minimum absolute atomic E-state index is 0.219. The van der Waals surface area contributed by atoms with E-state index < -0.39 is 47.9 Å². The number of aliphatic hydroxyl groups excluding tert-OH is 2. The number of ether oxygens (including phenoxy) is 3. The van der Waals surface area contributed by atoms with Crippen molar-refractivity contribution in [2.75, 3.05) is 0 Å². The molecule has 2 aliphatic carbocycles. The summed E-state index contributed by atoms with van der Waals surface area (Å²) in [6.45, 7) is 5.42. The van der Waals surface area contributed by atoms with Crippen LogP contribution in [0.1, 0.15) is 33.6 Å². The lowest BCUT2D eigenvalue weighted by molar-refractivity contribution is -0.152. The predicted octanol–water partition coefficient (Wildman–Crippen LogP) is 1.11. The van der Waals surface area contributed by atoms with Crippen LogP contribution in [0.4, 0.5) is 0 Å². The number of hydrogen-bond acceptors (Lipinski definition) is 7. The van der Waals surface area contributed by atoms with Crippen molar-refractivity contribution in [2.45, 2.75) is 58.2 Å². The van der Waals surface area contributed by atoms with Gasteiger partial charge in [0.25, 0.3) is 6.29 Å². The molecule has 140 valence electrons. The summed E-state index contributed by atoms with van der Waals surface area (Å²) in [5.74, 6) is -1.60. The number of hydrogen-bond donors (Lipinski definition) is 2. The number of aliphatic hydroxyl groups is 2. The Kier molecular flexibility index (Phi) is 3.79. The first-order chi connectivity index (χ1) is 12.2. The van der Waals surface area contributed by atoms with Crippen molar-refractivity contribution in [3.05, 3.63) is 34.6 Å². The van der Waals surface area contributed by atoms with Crippen LogP contribution in [0.25, 0.3) is 0 Å². The van der Waals surface area contributed by atoms with Crippen molar-refractivity contribution >= 4 is 11.9 Å². The summed E-state index contributed by atoms with van der Waals surface area (Å²) >= 11 is 0. The lowest BCUT2D eigenvalue weighted by Gasteiger charge is -2.38. The van der Waals surface area contributed by atoms with Gasteiger partial charge in [-0.05, 0) is 30.9 Å². The van der Waals surface area contributed by atoms with Crippen LogP contribution in [0.15, 0.2) is 34.6 Å². The molecule has 7 heteroatoms. The Bertz CT molecular complexity index is 773. The second-order valence-corrected chi connectivity index (χ2v) is 7.84. The molecule has 0 spiro atoms. The van der Waals surface area contributed by atoms with Crippen LogP contribution >= 0.6 is 0 Å². The van der Waals surface area contributed by atoms with Crippen molar-refractivity contribution < 1.29 is 34.0 Å². The molecule has 0 saturated carbocycles. The Balaban J connectivity index is 1.61. The highest BCUT2D eigenvalue weighted by molar-refractivity contribution is 5.93. The van der Waals surface area contributed by atoms with Gasteiger partial charge in [0.05, 0.1) is 30.0 Å². The molecule has 26 heavy (non-hydrogen) atoms. The summed E-state index contributed by atoms with van der Waals surface area (Å²) in [7, 11) is 0. The molecule has 0 aromatic heterocycles. The van der Waals surface area contributed by atoms with E-state index in [0.717, 1.165) is 11.1 Å². The molecule has 4 rings (SSSR count). The zero-order valence-corrected chi connectivity index (χ0v) is 14.9. The largest absolute Gasteiger partial charge is 0.458 e. The summed E-state index contributed by atoms with van der Waals surface area (Å²) in [5, 5.41) is 21.2. The van der Waals surface area contributed by atoms with Gasteiger partial charge in [-0.2, -0.15) is 0 Å². The first kappa shape index (κ1) is 17.3. The maximum atomic E-state index is 12.3. The minimum atomic E-state index is -0.888. The van der Waals surface area contributed by atoms with Crippen molar-refractivity contribution in [1.29, 1.82) is 0 Å². The number of carbonyl (C=O) groups is 2. The fourth-order valence-electron chi connectivity index (χ4n) is 4.42. The number of rotatable bonds is 2. The minimum Gasteiger partial charge on any atom is -0.458 e. The molecule has 5 atom stereocenters. The van der Waals surface area contributed by atoms with Crippen LogP contribution in [0.5, 0.6) is 0 Å². The van der Waals surface area contributed by atoms with E-state index in [4.69, 9.17) is 14.2 Å². The van der Waals surface area contributed by atoms with Gasteiger partial charge in [-0.25, -0.2) is 9.59 Å². The van der Waals surface area contributed by atoms with E-state index >= 15 is 0 Å². The second kappa shape index (κ2) is 5.69. The molecule has 1 saturated heterocycles. The topological polar surface area (TPSA) is 102 Å². The summed E-state index contributed by atoms with van der Waals surface area (Å²) in [6, 6.07) is 0. The average Bonchev–Trinajstić information content (AvgIpc) is 3.15. The molecule has 2 N–H and O–H groups in total. The summed E-state index contributed by atoms with van der Waals surface area (Å²) in [6.07, 6.45) is 0.982. The highest BCUT2D eigenvalue weighted by atomic mass is 16.7. The maximum Gasteiger partial charge on any atom is 0.338 e. The van der Waals surface area contributed by atoms with Gasteiger partial charge in [0.1, 0.15) is 6.10 Å². The number of esters is 2. The van der Waals surface area contributed by atoms with Crippen LogP contribution in [-0.4, -0.2) is 46.8 Å². The molecule has 1 fully saturated rings. The normalized spacial score (nSPS) is 39.5. The van der Waals surface area contributed by atoms with Crippen LogP contribution in [-0.2, 0) is 23.8 Å². The van der Waals surface area contributed by atoms with E-state index in [9.17, 15) is 19.8 Å². The number of fused-ring (bicyclic) bond motifs is 2. The van der Waals surface area contributed by atoms with E-state index in [-0.39, 0.29) is 5.57 Å². The molecule has 0 bridgehead atoms. The van der Waals surface area contributed by atoms with Gasteiger partial charge < -0.3 is 24.4 Å². The van der Waals surface area contributed by atoms with Crippen LogP contribution in [0.3, 0.4) is 0 Å². The van der Waals surface area contributed by atoms with Gasteiger partial charge in [-0.3, -0.25) is 0 Å². The van der Waals surface area contributed by atoms with Gasteiger partial charge >= 0.3 is 11.9 Å². The molecule has 7 nitrogen and oxygen atoms in total. The zero-order valence-electron chi connectivity index (χ0n) is 14.9. The third kappa shape index (κ3) is 2.34.